The minimum Gasteiger partial charge on any atom is -0.395 e. The Morgan fingerprint density at radius 3 is 2.24 bits per heavy atom. The number of hydrogen-bond acceptors (Lipinski definition) is 2. The predicted molar refractivity (Wildman–Crippen MR) is 75.0 cm³/mol. The highest BCUT2D eigenvalue weighted by Crippen LogP contribution is 2.33. The average Bonchev–Trinajstić information content (AvgIpc) is 2.28. The van der Waals surface area contributed by atoms with E-state index < -0.39 is 0 Å². The van der Waals surface area contributed by atoms with Gasteiger partial charge in [0.25, 0.3) is 0 Å². The Bertz CT molecular complexity index is 381. The van der Waals surface area contributed by atoms with E-state index in [2.05, 4.69) is 50.8 Å². The molecular formula is C15H25NO. The summed E-state index contributed by atoms with van der Waals surface area (Å²) in [5, 5.41) is 9.56. The number of anilines is 1. The highest BCUT2D eigenvalue weighted by Gasteiger charge is 2.24. The fourth-order valence-electron chi connectivity index (χ4n) is 1.93. The summed E-state index contributed by atoms with van der Waals surface area (Å²) in [6.07, 6.45) is 0. The minimum atomic E-state index is -0.204. The van der Waals surface area contributed by atoms with Crippen LogP contribution in [0.4, 0.5) is 5.69 Å². The van der Waals surface area contributed by atoms with Crippen molar-refractivity contribution in [2.75, 3.05) is 25.6 Å². The molecule has 0 aliphatic heterocycles. The molecule has 0 unspecified atom stereocenters. The second-order valence-electron chi connectivity index (χ2n) is 5.87. The molecule has 0 saturated carbocycles. The summed E-state index contributed by atoms with van der Waals surface area (Å²) in [6, 6.07) is 6.56. The van der Waals surface area contributed by atoms with E-state index >= 15 is 0 Å². The lowest BCUT2D eigenvalue weighted by Crippen LogP contribution is -2.26. The maximum atomic E-state index is 9.56. The van der Waals surface area contributed by atoms with Crippen molar-refractivity contribution in [1.82, 2.24) is 0 Å². The standard InChI is InChI=1S/C15H25NO/c1-11(2)12-7-8-14(16(5)6)13(9-12)15(3,4)10-17/h7-9,11,17H,10H2,1-6H3. The molecule has 0 atom stereocenters. The van der Waals surface area contributed by atoms with Gasteiger partial charge in [0.2, 0.25) is 0 Å². The molecule has 0 radical (unpaired) electrons. The molecular weight excluding hydrogens is 210 g/mol. The number of benzene rings is 1. The summed E-state index contributed by atoms with van der Waals surface area (Å²) in [4.78, 5) is 2.11. The fraction of sp³-hybridized carbons (Fsp3) is 0.600. The Morgan fingerprint density at radius 1 is 1.24 bits per heavy atom. The third-order valence-electron chi connectivity index (χ3n) is 3.29. The van der Waals surface area contributed by atoms with Gasteiger partial charge in [-0.25, -0.2) is 0 Å². The second-order valence-corrected chi connectivity index (χ2v) is 5.87. The van der Waals surface area contributed by atoms with Crippen molar-refractivity contribution in [2.24, 2.45) is 0 Å². The van der Waals surface area contributed by atoms with E-state index in [1.54, 1.807) is 0 Å². The third kappa shape index (κ3) is 3.01. The zero-order valence-electron chi connectivity index (χ0n) is 11.9. The van der Waals surface area contributed by atoms with Crippen molar-refractivity contribution in [3.05, 3.63) is 29.3 Å². The van der Waals surface area contributed by atoms with Crippen LogP contribution in [0.1, 0.15) is 44.7 Å². The largest absolute Gasteiger partial charge is 0.395 e. The van der Waals surface area contributed by atoms with E-state index in [-0.39, 0.29) is 12.0 Å². The summed E-state index contributed by atoms with van der Waals surface area (Å²) in [6.45, 7) is 8.72. The first-order chi connectivity index (χ1) is 7.79. The first kappa shape index (κ1) is 14.0. The first-order valence-corrected chi connectivity index (χ1v) is 6.22. The van der Waals surface area contributed by atoms with E-state index in [0.717, 1.165) is 0 Å². The molecule has 0 fully saturated rings. The molecule has 0 aliphatic carbocycles. The Kier molecular flexibility index (Phi) is 4.21. The molecule has 17 heavy (non-hydrogen) atoms. The van der Waals surface area contributed by atoms with Crippen molar-refractivity contribution in [3.63, 3.8) is 0 Å². The zero-order valence-corrected chi connectivity index (χ0v) is 11.9. The molecule has 0 aromatic heterocycles. The topological polar surface area (TPSA) is 23.5 Å². The molecule has 1 aromatic rings. The predicted octanol–water partition coefficient (Wildman–Crippen LogP) is 3.15. The van der Waals surface area contributed by atoms with Gasteiger partial charge < -0.3 is 10.0 Å². The molecule has 2 heteroatoms. The van der Waals surface area contributed by atoms with Gasteiger partial charge in [0.15, 0.2) is 0 Å². The van der Waals surface area contributed by atoms with Crippen molar-refractivity contribution >= 4 is 5.69 Å². The van der Waals surface area contributed by atoms with Crippen LogP contribution in [-0.4, -0.2) is 25.8 Å². The van der Waals surface area contributed by atoms with E-state index in [0.29, 0.717) is 5.92 Å². The van der Waals surface area contributed by atoms with Crippen LogP contribution >= 0.6 is 0 Å². The molecule has 1 rings (SSSR count). The Labute approximate surface area is 105 Å². The van der Waals surface area contributed by atoms with Crippen LogP contribution in [0, 0.1) is 0 Å². The van der Waals surface area contributed by atoms with Crippen molar-refractivity contribution in [2.45, 2.75) is 39.0 Å². The number of aliphatic hydroxyl groups excluding tert-OH is 1. The van der Waals surface area contributed by atoms with E-state index in [1.807, 2.05) is 14.1 Å². The monoisotopic (exact) mass is 235 g/mol. The summed E-state index contributed by atoms with van der Waals surface area (Å²) in [5.74, 6) is 0.513. The van der Waals surface area contributed by atoms with Gasteiger partial charge in [-0.05, 0) is 23.1 Å². The molecule has 0 spiro atoms. The second kappa shape index (κ2) is 5.09. The average molecular weight is 235 g/mol. The molecule has 96 valence electrons. The van der Waals surface area contributed by atoms with Crippen molar-refractivity contribution < 1.29 is 5.11 Å². The number of nitrogens with zero attached hydrogens (tertiary/aromatic N) is 1. The highest BCUT2D eigenvalue weighted by molar-refractivity contribution is 5.57. The normalized spacial score (nSPS) is 12.0. The maximum Gasteiger partial charge on any atom is 0.0523 e. The molecule has 0 bridgehead atoms. The minimum absolute atomic E-state index is 0.162. The summed E-state index contributed by atoms with van der Waals surface area (Å²) in [5.41, 5.74) is 3.53. The lowest BCUT2D eigenvalue weighted by atomic mass is 9.82. The van der Waals surface area contributed by atoms with Crippen molar-refractivity contribution in [3.8, 4) is 0 Å². The van der Waals surface area contributed by atoms with Gasteiger partial charge in [0.1, 0.15) is 0 Å². The van der Waals surface area contributed by atoms with Crippen LogP contribution in [0.25, 0.3) is 0 Å². The van der Waals surface area contributed by atoms with Gasteiger partial charge in [-0.1, -0.05) is 39.8 Å². The smallest absolute Gasteiger partial charge is 0.0523 e. The van der Waals surface area contributed by atoms with Gasteiger partial charge in [0.05, 0.1) is 6.61 Å². The molecule has 0 aliphatic rings. The van der Waals surface area contributed by atoms with Crippen LogP contribution in [0.3, 0.4) is 0 Å². The van der Waals surface area contributed by atoms with Crippen LogP contribution in [0.15, 0.2) is 18.2 Å². The Hall–Kier alpha value is -1.02. The third-order valence-corrected chi connectivity index (χ3v) is 3.29. The first-order valence-electron chi connectivity index (χ1n) is 6.22. The van der Waals surface area contributed by atoms with E-state index in [4.69, 9.17) is 0 Å². The van der Waals surface area contributed by atoms with Crippen LogP contribution in [-0.2, 0) is 5.41 Å². The highest BCUT2D eigenvalue weighted by atomic mass is 16.3. The lowest BCUT2D eigenvalue weighted by Gasteiger charge is -2.29. The zero-order chi connectivity index (χ0) is 13.2. The van der Waals surface area contributed by atoms with Crippen LogP contribution < -0.4 is 4.90 Å². The van der Waals surface area contributed by atoms with Gasteiger partial charge in [-0.2, -0.15) is 0 Å². The Morgan fingerprint density at radius 2 is 1.82 bits per heavy atom. The molecule has 0 heterocycles. The number of aliphatic hydroxyl groups is 1. The number of rotatable bonds is 4. The maximum absolute atomic E-state index is 9.56. The fourth-order valence-corrected chi connectivity index (χ4v) is 1.93. The molecule has 0 amide bonds. The molecule has 2 nitrogen and oxygen atoms in total. The molecule has 1 aromatic carbocycles. The molecule has 0 saturated heterocycles. The van der Waals surface area contributed by atoms with Gasteiger partial charge >= 0.3 is 0 Å². The van der Waals surface area contributed by atoms with Gasteiger partial charge in [-0.15, -0.1) is 0 Å². The Balaban J connectivity index is 3.35. The quantitative estimate of drug-likeness (QED) is 0.866. The number of hydrogen-bond donors (Lipinski definition) is 1. The summed E-state index contributed by atoms with van der Waals surface area (Å²) < 4.78 is 0. The van der Waals surface area contributed by atoms with Gasteiger partial charge in [0, 0.05) is 25.2 Å². The van der Waals surface area contributed by atoms with E-state index in [1.165, 1.54) is 16.8 Å². The van der Waals surface area contributed by atoms with E-state index in [9.17, 15) is 5.11 Å². The van der Waals surface area contributed by atoms with Gasteiger partial charge in [-0.3, -0.25) is 0 Å². The lowest BCUT2D eigenvalue weighted by molar-refractivity contribution is 0.218. The summed E-state index contributed by atoms with van der Waals surface area (Å²) >= 11 is 0. The van der Waals surface area contributed by atoms with Crippen LogP contribution in [0.2, 0.25) is 0 Å². The van der Waals surface area contributed by atoms with Crippen LogP contribution in [0.5, 0.6) is 0 Å². The SMILES string of the molecule is CC(C)c1ccc(N(C)C)c(C(C)(C)CO)c1. The van der Waals surface area contributed by atoms with Crippen molar-refractivity contribution in [1.29, 1.82) is 0 Å². The summed E-state index contributed by atoms with van der Waals surface area (Å²) in [7, 11) is 4.09. The molecule has 1 N–H and O–H groups in total.